The number of hydrogen-bond acceptors (Lipinski definition) is 2. The zero-order valence-electron chi connectivity index (χ0n) is 11.1. The molecule has 0 radical (unpaired) electrons. The fraction of sp³-hybridized carbons (Fsp3) is 0.533. The molecule has 1 amide bonds. The van der Waals surface area contributed by atoms with Crippen molar-refractivity contribution in [2.24, 2.45) is 5.92 Å². The Kier molecular flexibility index (Phi) is 2.67. The van der Waals surface area contributed by atoms with E-state index in [1.54, 1.807) is 0 Å². The number of rotatable bonds is 1. The van der Waals surface area contributed by atoms with Crippen LogP contribution in [0.3, 0.4) is 0 Å². The van der Waals surface area contributed by atoms with E-state index in [1.165, 1.54) is 0 Å². The molecule has 18 heavy (non-hydrogen) atoms. The van der Waals surface area contributed by atoms with Gasteiger partial charge in [-0.05, 0) is 17.5 Å². The van der Waals surface area contributed by atoms with Crippen molar-refractivity contribution in [1.29, 1.82) is 0 Å². The summed E-state index contributed by atoms with van der Waals surface area (Å²) in [6.45, 7) is 7.10. The normalized spacial score (nSPS) is 30.6. The van der Waals surface area contributed by atoms with Gasteiger partial charge in [-0.15, -0.1) is 0 Å². The molecule has 96 valence electrons. The Morgan fingerprint density at radius 1 is 1.33 bits per heavy atom. The Hall–Kier alpha value is -1.35. The maximum Gasteiger partial charge on any atom is 0.256 e. The third kappa shape index (κ3) is 1.50. The summed E-state index contributed by atoms with van der Waals surface area (Å²) in [7, 11) is 0. The first kappa shape index (κ1) is 11.7. The van der Waals surface area contributed by atoms with E-state index in [0.717, 1.165) is 11.1 Å². The Balaban J connectivity index is 2.06. The Morgan fingerprint density at radius 2 is 2.06 bits per heavy atom. The molecule has 1 fully saturated rings. The van der Waals surface area contributed by atoms with Crippen LogP contribution < -0.4 is 0 Å². The van der Waals surface area contributed by atoms with E-state index in [1.807, 2.05) is 29.2 Å². The van der Waals surface area contributed by atoms with Gasteiger partial charge in [0.1, 0.15) is 6.23 Å². The summed E-state index contributed by atoms with van der Waals surface area (Å²) in [6.07, 6.45) is -0.0835. The molecule has 0 bridgehead atoms. The Bertz CT molecular complexity index is 483. The summed E-state index contributed by atoms with van der Waals surface area (Å²) in [5.41, 5.74) is 1.96. The molecule has 0 unspecified atom stereocenters. The van der Waals surface area contributed by atoms with Gasteiger partial charge in [-0.3, -0.25) is 4.79 Å². The molecular formula is C15H19NO2. The van der Waals surface area contributed by atoms with Crippen LogP contribution in [-0.4, -0.2) is 29.7 Å². The molecule has 3 heteroatoms. The van der Waals surface area contributed by atoms with Gasteiger partial charge in [0.25, 0.3) is 5.91 Å². The number of carbonyl (C=O) groups excluding carboxylic acids is 1. The summed E-state index contributed by atoms with van der Waals surface area (Å²) in [5, 5.41) is 0. The van der Waals surface area contributed by atoms with Crippen LogP contribution in [0.15, 0.2) is 24.3 Å². The van der Waals surface area contributed by atoms with Crippen molar-refractivity contribution in [1.82, 2.24) is 4.90 Å². The zero-order chi connectivity index (χ0) is 12.9. The van der Waals surface area contributed by atoms with Crippen LogP contribution in [0.2, 0.25) is 0 Å². The quantitative estimate of drug-likeness (QED) is 0.761. The van der Waals surface area contributed by atoms with E-state index in [0.29, 0.717) is 12.5 Å². The molecule has 1 aromatic rings. The van der Waals surface area contributed by atoms with Crippen molar-refractivity contribution >= 4 is 5.91 Å². The third-order valence-electron chi connectivity index (χ3n) is 4.18. The van der Waals surface area contributed by atoms with Gasteiger partial charge in [-0.2, -0.15) is 0 Å². The van der Waals surface area contributed by atoms with Crippen LogP contribution in [-0.2, 0) is 4.74 Å². The highest BCUT2D eigenvalue weighted by molar-refractivity contribution is 5.97. The first-order valence-corrected chi connectivity index (χ1v) is 6.64. The van der Waals surface area contributed by atoms with Crippen LogP contribution in [0.25, 0.3) is 0 Å². The minimum Gasteiger partial charge on any atom is -0.355 e. The van der Waals surface area contributed by atoms with Gasteiger partial charge in [0, 0.05) is 11.5 Å². The highest BCUT2D eigenvalue weighted by Crippen LogP contribution is 2.39. The van der Waals surface area contributed by atoms with Crippen molar-refractivity contribution in [2.75, 3.05) is 6.61 Å². The first-order chi connectivity index (χ1) is 8.61. The molecule has 1 saturated heterocycles. The lowest BCUT2D eigenvalue weighted by atomic mass is 9.88. The average molecular weight is 245 g/mol. The number of amides is 1. The number of fused-ring (bicyclic) bond motifs is 2. The second-order valence-electron chi connectivity index (χ2n) is 5.62. The zero-order valence-corrected chi connectivity index (χ0v) is 11.1. The SMILES string of the molecule is CC(C)[C@H]1CO[C@H]2[C@H](C)c3ccccc3C(=O)N12. The smallest absolute Gasteiger partial charge is 0.256 e. The predicted octanol–water partition coefficient (Wildman–Crippen LogP) is 2.63. The lowest BCUT2D eigenvalue weighted by molar-refractivity contribution is 0.00620. The first-order valence-electron chi connectivity index (χ1n) is 6.64. The maximum absolute atomic E-state index is 12.6. The Morgan fingerprint density at radius 3 is 2.78 bits per heavy atom. The van der Waals surface area contributed by atoms with Crippen molar-refractivity contribution in [3.05, 3.63) is 35.4 Å². The van der Waals surface area contributed by atoms with E-state index >= 15 is 0 Å². The topological polar surface area (TPSA) is 29.5 Å². The molecule has 1 aromatic carbocycles. The van der Waals surface area contributed by atoms with Crippen LogP contribution >= 0.6 is 0 Å². The van der Waals surface area contributed by atoms with Crippen LogP contribution in [0.1, 0.15) is 42.6 Å². The van der Waals surface area contributed by atoms with Gasteiger partial charge in [-0.25, -0.2) is 0 Å². The number of carbonyl (C=O) groups is 1. The summed E-state index contributed by atoms with van der Waals surface area (Å²) >= 11 is 0. The molecule has 0 N–H and O–H groups in total. The molecular weight excluding hydrogens is 226 g/mol. The molecule has 0 saturated carbocycles. The lowest BCUT2D eigenvalue weighted by Gasteiger charge is -2.38. The van der Waals surface area contributed by atoms with Crippen molar-refractivity contribution < 1.29 is 9.53 Å². The fourth-order valence-corrected chi connectivity index (χ4v) is 3.09. The largest absolute Gasteiger partial charge is 0.355 e. The van der Waals surface area contributed by atoms with Crippen molar-refractivity contribution in [3.63, 3.8) is 0 Å². The van der Waals surface area contributed by atoms with E-state index in [-0.39, 0.29) is 24.1 Å². The molecule has 0 aliphatic carbocycles. The van der Waals surface area contributed by atoms with E-state index in [9.17, 15) is 4.79 Å². The average Bonchev–Trinajstić information content (AvgIpc) is 2.81. The fourth-order valence-electron chi connectivity index (χ4n) is 3.09. The van der Waals surface area contributed by atoms with Gasteiger partial charge in [0.2, 0.25) is 0 Å². The molecule has 2 aliphatic rings. The summed E-state index contributed by atoms with van der Waals surface area (Å²) < 4.78 is 5.88. The summed E-state index contributed by atoms with van der Waals surface area (Å²) in [5.74, 6) is 0.809. The minimum absolute atomic E-state index is 0.0835. The molecule has 3 nitrogen and oxygen atoms in total. The lowest BCUT2D eigenvalue weighted by Crippen LogP contribution is -2.49. The minimum atomic E-state index is -0.0835. The molecule has 0 aromatic heterocycles. The number of hydrogen-bond donors (Lipinski definition) is 0. The number of benzene rings is 1. The van der Waals surface area contributed by atoms with E-state index in [4.69, 9.17) is 4.74 Å². The van der Waals surface area contributed by atoms with Crippen LogP contribution in [0, 0.1) is 5.92 Å². The molecule has 3 rings (SSSR count). The third-order valence-corrected chi connectivity index (χ3v) is 4.18. The highest BCUT2D eigenvalue weighted by Gasteiger charge is 2.46. The predicted molar refractivity (Wildman–Crippen MR) is 69.4 cm³/mol. The molecule has 3 atom stereocenters. The van der Waals surface area contributed by atoms with Crippen molar-refractivity contribution in [3.8, 4) is 0 Å². The van der Waals surface area contributed by atoms with Gasteiger partial charge >= 0.3 is 0 Å². The van der Waals surface area contributed by atoms with Gasteiger partial charge < -0.3 is 9.64 Å². The van der Waals surface area contributed by atoms with Gasteiger partial charge in [0.15, 0.2) is 0 Å². The van der Waals surface area contributed by atoms with Crippen molar-refractivity contribution in [2.45, 2.75) is 39.0 Å². The molecule has 2 aliphatic heterocycles. The standard InChI is InChI=1S/C15H19NO2/c1-9(2)13-8-18-15-10(3)11-6-4-5-7-12(11)14(17)16(13)15/h4-7,9-10,13,15H,8H2,1-3H3/t10-,13-,15+/m1/s1. The summed E-state index contributed by atoms with van der Waals surface area (Å²) in [6, 6.07) is 8.11. The van der Waals surface area contributed by atoms with Gasteiger partial charge in [-0.1, -0.05) is 39.0 Å². The van der Waals surface area contributed by atoms with E-state index in [2.05, 4.69) is 20.8 Å². The van der Waals surface area contributed by atoms with E-state index < -0.39 is 0 Å². The van der Waals surface area contributed by atoms with Gasteiger partial charge in [0.05, 0.1) is 12.6 Å². The Labute approximate surface area is 108 Å². The second kappa shape index (κ2) is 4.09. The number of nitrogens with zero attached hydrogens (tertiary/aromatic N) is 1. The van der Waals surface area contributed by atoms with Crippen LogP contribution in [0.5, 0.6) is 0 Å². The number of ether oxygens (including phenoxy) is 1. The molecule has 0 spiro atoms. The monoisotopic (exact) mass is 245 g/mol. The highest BCUT2D eigenvalue weighted by atomic mass is 16.5. The van der Waals surface area contributed by atoms with Crippen LogP contribution in [0.4, 0.5) is 0 Å². The second-order valence-corrected chi connectivity index (χ2v) is 5.62. The molecule has 2 heterocycles. The maximum atomic E-state index is 12.6. The summed E-state index contributed by atoms with van der Waals surface area (Å²) in [4.78, 5) is 14.6.